The molecular formula is C29H29NO6. The molecule has 0 saturated carbocycles. The molecule has 1 aliphatic rings. The summed E-state index contributed by atoms with van der Waals surface area (Å²) in [6.45, 7) is 2.26. The van der Waals surface area contributed by atoms with Gasteiger partial charge in [-0.15, -0.1) is 0 Å². The summed E-state index contributed by atoms with van der Waals surface area (Å²) in [6, 6.07) is 18.3. The third-order valence-corrected chi connectivity index (χ3v) is 6.47. The van der Waals surface area contributed by atoms with Gasteiger partial charge in [0.25, 0.3) is 11.7 Å². The maximum absolute atomic E-state index is 13.2. The zero-order valence-corrected chi connectivity index (χ0v) is 20.5. The lowest BCUT2D eigenvalue weighted by molar-refractivity contribution is -0.139. The molecule has 0 spiro atoms. The highest BCUT2D eigenvalue weighted by atomic mass is 16.5. The number of benzene rings is 3. The van der Waals surface area contributed by atoms with Gasteiger partial charge in [-0.2, -0.15) is 0 Å². The summed E-state index contributed by atoms with van der Waals surface area (Å²) in [6.07, 6.45) is 1.29. The molecule has 0 radical (unpaired) electrons. The Hall–Kier alpha value is -4.26. The Morgan fingerprint density at radius 2 is 1.53 bits per heavy atom. The highest BCUT2D eigenvalue weighted by Crippen LogP contribution is 2.40. The smallest absolute Gasteiger partial charge is 0.295 e. The van der Waals surface area contributed by atoms with E-state index in [2.05, 4.69) is 0 Å². The van der Waals surface area contributed by atoms with Gasteiger partial charge in [0.2, 0.25) is 0 Å². The number of aliphatic hydroxyl groups excluding tert-OH is 1. The van der Waals surface area contributed by atoms with Gasteiger partial charge in [-0.05, 0) is 53.8 Å². The van der Waals surface area contributed by atoms with Crippen molar-refractivity contribution in [2.24, 2.45) is 0 Å². The molecule has 1 atom stereocenters. The van der Waals surface area contributed by atoms with Gasteiger partial charge in [0.05, 0.1) is 25.8 Å². The van der Waals surface area contributed by atoms with Crippen LogP contribution in [0.25, 0.3) is 5.76 Å². The molecule has 4 rings (SSSR count). The number of ketones is 1. The number of carbonyl (C=O) groups excluding carboxylic acids is 2. The third kappa shape index (κ3) is 4.77. The van der Waals surface area contributed by atoms with Crippen LogP contribution in [0.3, 0.4) is 0 Å². The number of nitrogens with zero attached hydrogens (tertiary/aromatic N) is 1. The standard InChI is InChI=1S/C29H29NO6/c1-4-18-5-8-21(9-6-18)27(32)25-26(20-10-12-22(31)13-11-20)30(29(34)28(25)33)16-15-19-7-14-23(35-2)24(17-19)36-3/h5-14,17,26,31-32H,4,15-16H2,1-3H3/b27-25+. The third-order valence-electron chi connectivity index (χ3n) is 6.47. The summed E-state index contributed by atoms with van der Waals surface area (Å²) in [5.74, 6) is -0.404. The van der Waals surface area contributed by atoms with E-state index in [1.165, 1.54) is 17.0 Å². The predicted octanol–water partition coefficient (Wildman–Crippen LogP) is 4.64. The van der Waals surface area contributed by atoms with E-state index >= 15 is 0 Å². The lowest BCUT2D eigenvalue weighted by Crippen LogP contribution is -2.31. The maximum Gasteiger partial charge on any atom is 0.295 e. The van der Waals surface area contributed by atoms with Crippen molar-refractivity contribution >= 4 is 17.4 Å². The van der Waals surface area contributed by atoms with E-state index in [0.717, 1.165) is 17.5 Å². The van der Waals surface area contributed by atoms with Gasteiger partial charge in [-0.25, -0.2) is 0 Å². The first-order valence-corrected chi connectivity index (χ1v) is 11.8. The van der Waals surface area contributed by atoms with E-state index < -0.39 is 17.7 Å². The van der Waals surface area contributed by atoms with Crippen molar-refractivity contribution in [1.29, 1.82) is 0 Å². The zero-order valence-electron chi connectivity index (χ0n) is 20.5. The number of hydrogen-bond acceptors (Lipinski definition) is 6. The number of carbonyl (C=O) groups is 2. The van der Waals surface area contributed by atoms with Gasteiger partial charge in [0.1, 0.15) is 11.5 Å². The predicted molar refractivity (Wildman–Crippen MR) is 136 cm³/mol. The Balaban J connectivity index is 1.73. The minimum atomic E-state index is -0.795. The molecule has 186 valence electrons. The Morgan fingerprint density at radius 1 is 0.889 bits per heavy atom. The molecule has 3 aromatic carbocycles. The zero-order chi connectivity index (χ0) is 25.8. The van der Waals surface area contributed by atoms with Crippen molar-refractivity contribution in [3.63, 3.8) is 0 Å². The number of methoxy groups -OCH3 is 2. The average molecular weight is 488 g/mol. The second-order valence-corrected chi connectivity index (χ2v) is 8.57. The van der Waals surface area contributed by atoms with E-state index in [1.807, 2.05) is 31.2 Å². The fourth-order valence-electron chi connectivity index (χ4n) is 4.45. The first-order chi connectivity index (χ1) is 17.4. The first kappa shape index (κ1) is 24.9. The number of hydrogen-bond donors (Lipinski definition) is 2. The topological polar surface area (TPSA) is 96.3 Å². The molecule has 1 saturated heterocycles. The average Bonchev–Trinajstić information content (AvgIpc) is 3.16. The van der Waals surface area contributed by atoms with Crippen LogP contribution >= 0.6 is 0 Å². The van der Waals surface area contributed by atoms with Gasteiger partial charge < -0.3 is 24.6 Å². The number of aliphatic hydroxyl groups is 1. The van der Waals surface area contributed by atoms with Crippen LogP contribution in [0.5, 0.6) is 17.2 Å². The van der Waals surface area contributed by atoms with E-state index in [0.29, 0.717) is 29.0 Å². The lowest BCUT2D eigenvalue weighted by Gasteiger charge is -2.25. The van der Waals surface area contributed by atoms with Gasteiger partial charge >= 0.3 is 0 Å². The van der Waals surface area contributed by atoms with Gasteiger partial charge in [-0.3, -0.25) is 9.59 Å². The quantitative estimate of drug-likeness (QED) is 0.273. The number of aromatic hydroxyl groups is 1. The number of rotatable bonds is 8. The minimum absolute atomic E-state index is 0.0299. The Labute approximate surface area is 210 Å². The van der Waals surface area contributed by atoms with E-state index in [4.69, 9.17) is 9.47 Å². The van der Waals surface area contributed by atoms with Gasteiger partial charge in [0, 0.05) is 12.1 Å². The van der Waals surface area contributed by atoms with Crippen LogP contribution in [0.1, 0.15) is 35.2 Å². The van der Waals surface area contributed by atoms with Crippen molar-refractivity contribution in [3.8, 4) is 17.2 Å². The number of phenols is 1. The molecule has 7 heteroatoms. The van der Waals surface area contributed by atoms with Crippen LogP contribution in [-0.2, 0) is 22.4 Å². The molecule has 0 aromatic heterocycles. The van der Waals surface area contributed by atoms with Gasteiger partial charge in [0.15, 0.2) is 11.5 Å². The Kier molecular flexibility index (Phi) is 7.29. The summed E-state index contributed by atoms with van der Waals surface area (Å²) in [5, 5.41) is 21.0. The molecule has 1 amide bonds. The number of phenolic OH excluding ortho intramolecular Hbond substituents is 1. The monoisotopic (exact) mass is 487 g/mol. The first-order valence-electron chi connectivity index (χ1n) is 11.8. The van der Waals surface area contributed by atoms with Crippen molar-refractivity contribution < 1.29 is 29.3 Å². The number of Topliss-reactive ketones (excluding diaryl/α,β-unsaturated/α-hetero) is 1. The molecule has 1 unspecified atom stereocenters. The van der Waals surface area contributed by atoms with Gasteiger partial charge in [-0.1, -0.05) is 49.4 Å². The van der Waals surface area contributed by atoms with Crippen LogP contribution in [0.15, 0.2) is 72.3 Å². The van der Waals surface area contributed by atoms with Crippen LogP contribution < -0.4 is 9.47 Å². The van der Waals surface area contributed by atoms with Crippen molar-refractivity contribution in [2.75, 3.05) is 20.8 Å². The van der Waals surface area contributed by atoms with Crippen LogP contribution in [0, 0.1) is 0 Å². The van der Waals surface area contributed by atoms with E-state index in [-0.39, 0.29) is 23.6 Å². The van der Waals surface area contributed by atoms with Crippen LogP contribution in [0.2, 0.25) is 0 Å². The summed E-state index contributed by atoms with van der Waals surface area (Å²) in [5.41, 5.74) is 3.10. The Bertz CT molecular complexity index is 1290. The Morgan fingerprint density at radius 3 is 2.14 bits per heavy atom. The molecule has 1 aliphatic heterocycles. The van der Waals surface area contributed by atoms with Crippen LogP contribution in [0.4, 0.5) is 0 Å². The maximum atomic E-state index is 13.2. The largest absolute Gasteiger partial charge is 0.508 e. The summed E-state index contributed by atoms with van der Waals surface area (Å²) in [4.78, 5) is 27.9. The second-order valence-electron chi connectivity index (χ2n) is 8.57. The molecule has 1 fully saturated rings. The van der Waals surface area contributed by atoms with Crippen molar-refractivity contribution in [1.82, 2.24) is 4.90 Å². The van der Waals surface area contributed by atoms with E-state index in [9.17, 15) is 19.8 Å². The molecule has 2 N–H and O–H groups in total. The van der Waals surface area contributed by atoms with Crippen LogP contribution in [-0.4, -0.2) is 47.6 Å². The molecule has 1 heterocycles. The lowest BCUT2D eigenvalue weighted by atomic mass is 9.94. The van der Waals surface area contributed by atoms with Crippen molar-refractivity contribution in [2.45, 2.75) is 25.8 Å². The molecule has 7 nitrogen and oxygen atoms in total. The molecule has 36 heavy (non-hydrogen) atoms. The highest BCUT2D eigenvalue weighted by Gasteiger charge is 2.45. The number of amides is 1. The normalized spacial score (nSPS) is 16.9. The minimum Gasteiger partial charge on any atom is -0.508 e. The number of ether oxygens (including phenoxy) is 2. The second kappa shape index (κ2) is 10.6. The van der Waals surface area contributed by atoms with E-state index in [1.54, 1.807) is 44.6 Å². The summed E-state index contributed by atoms with van der Waals surface area (Å²) in [7, 11) is 3.11. The fraction of sp³-hybridized carbons (Fsp3) is 0.241. The number of aryl methyl sites for hydroxylation is 1. The highest BCUT2D eigenvalue weighted by molar-refractivity contribution is 6.46. The SMILES string of the molecule is CCc1ccc(/C(O)=C2\C(=O)C(=O)N(CCc3ccc(OC)c(OC)c3)C2c2ccc(O)cc2)cc1. The fourth-order valence-corrected chi connectivity index (χ4v) is 4.45. The molecular weight excluding hydrogens is 458 g/mol. The molecule has 0 bridgehead atoms. The summed E-state index contributed by atoms with van der Waals surface area (Å²) < 4.78 is 10.7. The molecule has 0 aliphatic carbocycles. The molecule has 3 aromatic rings. The number of likely N-dealkylation sites (tertiary alicyclic amines) is 1. The summed E-state index contributed by atoms with van der Waals surface area (Å²) >= 11 is 0. The van der Waals surface area contributed by atoms with Crippen molar-refractivity contribution in [3.05, 3.63) is 94.6 Å².